The molecule has 8 heteroatoms. The molecule has 0 atom stereocenters. The normalized spacial score (nSPS) is 10.9. The minimum Gasteiger partial charge on any atom is -0.491 e. The van der Waals surface area contributed by atoms with Crippen LogP contribution in [0.1, 0.15) is 19.4 Å². The van der Waals surface area contributed by atoms with Crippen LogP contribution in [0.3, 0.4) is 0 Å². The molecule has 0 aliphatic heterocycles. The van der Waals surface area contributed by atoms with Gasteiger partial charge in [0, 0.05) is 5.69 Å². The van der Waals surface area contributed by atoms with E-state index in [0.29, 0.717) is 22.7 Å². The molecule has 0 fully saturated rings. The van der Waals surface area contributed by atoms with Crippen LogP contribution in [0.15, 0.2) is 48.5 Å². The summed E-state index contributed by atoms with van der Waals surface area (Å²) in [6, 6.07) is 14.8. The van der Waals surface area contributed by atoms with Gasteiger partial charge in [-0.1, -0.05) is 6.07 Å². The first-order valence-electron chi connectivity index (χ1n) is 8.23. The van der Waals surface area contributed by atoms with Crippen molar-refractivity contribution < 1.29 is 17.9 Å². The summed E-state index contributed by atoms with van der Waals surface area (Å²) < 4.78 is 30.9. The fourth-order valence-electron chi connectivity index (χ4n) is 2.36. The standard InChI is InChI=1S/C19H21N3O4S/c1-14(2)26-18-9-7-17(8-10-18)22(27(3,24)25)13-19(23)21-16-6-4-5-15(11-16)12-20/h4-11,14H,13H2,1-3H3,(H,21,23). The third-order valence-corrected chi connectivity index (χ3v) is 4.60. The Morgan fingerprint density at radius 3 is 2.44 bits per heavy atom. The average molecular weight is 387 g/mol. The number of carbonyl (C=O) groups is 1. The van der Waals surface area contributed by atoms with Crippen molar-refractivity contribution >= 4 is 27.3 Å². The molecular weight excluding hydrogens is 366 g/mol. The van der Waals surface area contributed by atoms with Crippen LogP contribution in [0.25, 0.3) is 0 Å². The van der Waals surface area contributed by atoms with Crippen molar-refractivity contribution in [2.45, 2.75) is 20.0 Å². The van der Waals surface area contributed by atoms with Gasteiger partial charge in [-0.25, -0.2) is 8.42 Å². The molecule has 0 aliphatic carbocycles. The average Bonchev–Trinajstić information content (AvgIpc) is 2.59. The van der Waals surface area contributed by atoms with Gasteiger partial charge in [-0.3, -0.25) is 9.10 Å². The fraction of sp³-hybridized carbons (Fsp3) is 0.263. The van der Waals surface area contributed by atoms with E-state index in [1.165, 1.54) is 6.07 Å². The molecule has 27 heavy (non-hydrogen) atoms. The zero-order valence-corrected chi connectivity index (χ0v) is 16.2. The van der Waals surface area contributed by atoms with E-state index in [0.717, 1.165) is 10.6 Å². The zero-order valence-electron chi connectivity index (χ0n) is 15.3. The number of benzene rings is 2. The van der Waals surface area contributed by atoms with Gasteiger partial charge in [-0.15, -0.1) is 0 Å². The predicted molar refractivity (Wildman–Crippen MR) is 104 cm³/mol. The summed E-state index contributed by atoms with van der Waals surface area (Å²) in [6.45, 7) is 3.39. The van der Waals surface area contributed by atoms with E-state index >= 15 is 0 Å². The number of nitrogens with zero attached hydrogens (tertiary/aromatic N) is 2. The van der Waals surface area contributed by atoms with Crippen LogP contribution in [-0.4, -0.2) is 33.2 Å². The number of carbonyl (C=O) groups excluding carboxylic acids is 1. The van der Waals surface area contributed by atoms with Gasteiger partial charge in [0.25, 0.3) is 0 Å². The van der Waals surface area contributed by atoms with Gasteiger partial charge in [0.2, 0.25) is 15.9 Å². The van der Waals surface area contributed by atoms with E-state index in [9.17, 15) is 13.2 Å². The zero-order chi connectivity index (χ0) is 20.0. The lowest BCUT2D eigenvalue weighted by atomic mass is 10.2. The van der Waals surface area contributed by atoms with Crippen molar-refractivity contribution in [3.8, 4) is 11.8 Å². The molecular formula is C19H21N3O4S. The maximum Gasteiger partial charge on any atom is 0.245 e. The Morgan fingerprint density at radius 1 is 1.22 bits per heavy atom. The second-order valence-electron chi connectivity index (χ2n) is 6.17. The van der Waals surface area contributed by atoms with E-state index in [2.05, 4.69) is 5.32 Å². The van der Waals surface area contributed by atoms with Crippen molar-refractivity contribution in [2.75, 3.05) is 22.4 Å². The summed E-state index contributed by atoms with van der Waals surface area (Å²) in [5.74, 6) is 0.0954. The van der Waals surface area contributed by atoms with Crippen molar-refractivity contribution in [1.29, 1.82) is 5.26 Å². The molecule has 0 aliphatic rings. The second-order valence-corrected chi connectivity index (χ2v) is 8.08. The monoisotopic (exact) mass is 387 g/mol. The van der Waals surface area contributed by atoms with Gasteiger partial charge < -0.3 is 10.1 Å². The number of nitrogens with one attached hydrogen (secondary N) is 1. The summed E-state index contributed by atoms with van der Waals surface area (Å²) >= 11 is 0. The molecule has 0 aromatic heterocycles. The molecule has 0 spiro atoms. The minimum atomic E-state index is -3.67. The highest BCUT2D eigenvalue weighted by Gasteiger charge is 2.21. The van der Waals surface area contributed by atoms with Gasteiger partial charge in [0.05, 0.1) is 29.7 Å². The summed E-state index contributed by atoms with van der Waals surface area (Å²) in [4.78, 5) is 12.3. The molecule has 0 heterocycles. The molecule has 0 radical (unpaired) electrons. The maximum atomic E-state index is 12.3. The molecule has 7 nitrogen and oxygen atoms in total. The van der Waals surface area contributed by atoms with Crippen LogP contribution in [0.5, 0.6) is 5.75 Å². The molecule has 2 aromatic carbocycles. The smallest absolute Gasteiger partial charge is 0.245 e. The van der Waals surface area contributed by atoms with E-state index < -0.39 is 15.9 Å². The fourth-order valence-corrected chi connectivity index (χ4v) is 3.22. The molecule has 1 N–H and O–H groups in total. The molecule has 2 aromatic rings. The number of anilines is 2. The summed E-state index contributed by atoms with van der Waals surface area (Å²) in [7, 11) is -3.67. The number of nitriles is 1. The quantitative estimate of drug-likeness (QED) is 0.787. The van der Waals surface area contributed by atoms with Crippen molar-refractivity contribution in [1.82, 2.24) is 0 Å². The Balaban J connectivity index is 2.17. The molecule has 0 unspecified atom stereocenters. The van der Waals surface area contributed by atoms with E-state index in [1.54, 1.807) is 42.5 Å². The van der Waals surface area contributed by atoms with Crippen molar-refractivity contribution in [3.63, 3.8) is 0 Å². The highest BCUT2D eigenvalue weighted by molar-refractivity contribution is 7.92. The van der Waals surface area contributed by atoms with Crippen LogP contribution in [0.4, 0.5) is 11.4 Å². The van der Waals surface area contributed by atoms with E-state index in [1.807, 2.05) is 19.9 Å². The number of rotatable bonds is 7. The van der Waals surface area contributed by atoms with Gasteiger partial charge in [-0.05, 0) is 56.3 Å². The highest BCUT2D eigenvalue weighted by Crippen LogP contribution is 2.22. The Morgan fingerprint density at radius 2 is 1.89 bits per heavy atom. The molecule has 0 saturated heterocycles. The van der Waals surface area contributed by atoms with Gasteiger partial charge >= 0.3 is 0 Å². The first-order chi connectivity index (χ1) is 12.7. The van der Waals surface area contributed by atoms with Crippen LogP contribution in [0.2, 0.25) is 0 Å². The summed E-state index contributed by atoms with van der Waals surface area (Å²) in [5.41, 5.74) is 1.18. The van der Waals surface area contributed by atoms with Crippen molar-refractivity contribution in [2.24, 2.45) is 0 Å². The summed E-state index contributed by atoms with van der Waals surface area (Å²) in [6.07, 6.45) is 1.03. The third-order valence-electron chi connectivity index (χ3n) is 3.46. The van der Waals surface area contributed by atoms with Gasteiger partial charge in [0.15, 0.2) is 0 Å². The topological polar surface area (TPSA) is 99.5 Å². The maximum absolute atomic E-state index is 12.3. The lowest BCUT2D eigenvalue weighted by molar-refractivity contribution is -0.114. The van der Waals surface area contributed by atoms with Crippen LogP contribution in [0, 0.1) is 11.3 Å². The third kappa shape index (κ3) is 6.01. The highest BCUT2D eigenvalue weighted by atomic mass is 32.2. The SMILES string of the molecule is CC(C)Oc1ccc(N(CC(=O)Nc2cccc(C#N)c2)S(C)(=O)=O)cc1. The van der Waals surface area contributed by atoms with E-state index in [-0.39, 0.29) is 12.6 Å². The first kappa shape index (κ1) is 20.3. The Hall–Kier alpha value is -3.05. The Labute approximate surface area is 159 Å². The lowest BCUT2D eigenvalue weighted by Crippen LogP contribution is -2.37. The molecule has 0 saturated carbocycles. The van der Waals surface area contributed by atoms with Crippen LogP contribution >= 0.6 is 0 Å². The van der Waals surface area contributed by atoms with Crippen molar-refractivity contribution in [3.05, 3.63) is 54.1 Å². The minimum absolute atomic E-state index is 0.00295. The number of ether oxygens (including phenoxy) is 1. The van der Waals surface area contributed by atoms with Gasteiger partial charge in [0.1, 0.15) is 12.3 Å². The summed E-state index contributed by atoms with van der Waals surface area (Å²) in [5, 5.41) is 11.5. The number of amides is 1. The molecule has 142 valence electrons. The van der Waals surface area contributed by atoms with E-state index in [4.69, 9.17) is 10.00 Å². The predicted octanol–water partition coefficient (Wildman–Crippen LogP) is 2.75. The lowest BCUT2D eigenvalue weighted by Gasteiger charge is -2.22. The molecule has 0 bridgehead atoms. The largest absolute Gasteiger partial charge is 0.491 e. The Kier molecular flexibility index (Phi) is 6.42. The van der Waals surface area contributed by atoms with Crippen LogP contribution < -0.4 is 14.4 Å². The second kappa shape index (κ2) is 8.56. The first-order valence-corrected chi connectivity index (χ1v) is 10.1. The number of sulfonamides is 1. The number of hydrogen-bond donors (Lipinski definition) is 1. The van der Waals surface area contributed by atoms with Gasteiger partial charge in [-0.2, -0.15) is 5.26 Å². The number of hydrogen-bond acceptors (Lipinski definition) is 5. The molecule has 1 amide bonds. The van der Waals surface area contributed by atoms with Crippen LogP contribution in [-0.2, 0) is 14.8 Å². The molecule has 2 rings (SSSR count). The Bertz CT molecular complexity index is 948.